The molecule has 1 aliphatic heterocycles. The van der Waals surface area contributed by atoms with Crippen LogP contribution in [0.2, 0.25) is 0 Å². The highest BCUT2D eigenvalue weighted by Crippen LogP contribution is 2.38. The van der Waals surface area contributed by atoms with Crippen LogP contribution >= 0.6 is 0 Å². The Morgan fingerprint density at radius 1 is 1.11 bits per heavy atom. The van der Waals surface area contributed by atoms with Gasteiger partial charge in [-0.25, -0.2) is 14.8 Å². The van der Waals surface area contributed by atoms with Gasteiger partial charge in [-0.3, -0.25) is 9.59 Å². The number of para-hydroxylation sites is 1. The van der Waals surface area contributed by atoms with Gasteiger partial charge in [-0.15, -0.1) is 0 Å². The molecule has 13 heteroatoms. The molecule has 0 saturated carbocycles. The highest BCUT2D eigenvalue weighted by atomic mass is 16.5. The van der Waals surface area contributed by atoms with Crippen molar-refractivity contribution >= 4 is 56.4 Å². The number of aromatic amines is 1. The van der Waals surface area contributed by atoms with Crippen molar-refractivity contribution in [1.29, 1.82) is 0 Å². The fraction of sp³-hybridized carbons (Fsp3) is 0.344. The number of ether oxygens (including phenoxy) is 1. The molecule has 0 aliphatic carbocycles. The minimum Gasteiger partial charge on any atom is -0.493 e. The third kappa shape index (κ3) is 6.99. The van der Waals surface area contributed by atoms with Crippen LogP contribution in [0.4, 0.5) is 5.69 Å². The summed E-state index contributed by atoms with van der Waals surface area (Å²) in [4.78, 5) is 50.7. The van der Waals surface area contributed by atoms with Gasteiger partial charge in [0.15, 0.2) is 5.58 Å². The number of fused-ring (bicyclic) bond motifs is 4. The Balaban J connectivity index is 1.14. The monoisotopic (exact) mass is 613 g/mol. The number of aromatic nitrogens is 3. The van der Waals surface area contributed by atoms with E-state index in [2.05, 4.69) is 37.9 Å². The van der Waals surface area contributed by atoms with E-state index in [1.807, 2.05) is 42.5 Å². The van der Waals surface area contributed by atoms with Crippen LogP contribution in [0.25, 0.3) is 33.0 Å². The number of hydrogen-bond donors (Lipinski definition) is 5. The summed E-state index contributed by atoms with van der Waals surface area (Å²) in [5, 5.41) is 19.2. The number of carboxylic acid groups (broad SMARTS) is 1. The molecule has 0 spiro atoms. The van der Waals surface area contributed by atoms with Crippen molar-refractivity contribution in [3.63, 3.8) is 0 Å². The first-order valence-corrected chi connectivity index (χ1v) is 14.9. The predicted molar refractivity (Wildman–Crippen MR) is 168 cm³/mol. The quantitative estimate of drug-likeness (QED) is 0.141. The number of carboxylic acids is 1. The van der Waals surface area contributed by atoms with Crippen LogP contribution in [0.5, 0.6) is 5.75 Å². The minimum absolute atomic E-state index is 0.0329. The third-order valence-electron chi connectivity index (χ3n) is 8.07. The van der Waals surface area contributed by atoms with Crippen molar-refractivity contribution in [2.24, 2.45) is 5.92 Å². The molecule has 1 unspecified atom stereocenters. The van der Waals surface area contributed by atoms with Crippen molar-refractivity contribution in [2.45, 2.75) is 25.3 Å². The second kappa shape index (κ2) is 13.2. The third-order valence-corrected chi connectivity index (χ3v) is 8.07. The molecule has 45 heavy (non-hydrogen) atoms. The largest absolute Gasteiger partial charge is 0.493 e. The average molecular weight is 614 g/mol. The van der Waals surface area contributed by atoms with Gasteiger partial charge in [0, 0.05) is 23.7 Å². The number of furan rings is 1. The lowest BCUT2D eigenvalue weighted by Gasteiger charge is -2.28. The lowest BCUT2D eigenvalue weighted by atomic mass is 9.98. The van der Waals surface area contributed by atoms with Gasteiger partial charge in [-0.05, 0) is 63.2 Å². The number of aliphatic carboxylic acids is 1. The first-order valence-electron chi connectivity index (χ1n) is 14.9. The zero-order valence-corrected chi connectivity index (χ0v) is 24.8. The Kier molecular flexibility index (Phi) is 8.78. The molecule has 2 aromatic carbocycles. The SMILES string of the molecule is CN1CCC(COc2ccc3oc4c(NCC(=O)NCC(=O)NC(Cc5cnc[nH]5)C(=O)O)c5ccccc5nc4c3c2)CC1. The Labute approximate surface area is 258 Å². The molecule has 0 radical (unpaired) electrons. The number of nitrogens with zero attached hydrogens (tertiary/aromatic N) is 3. The number of piperidine rings is 1. The van der Waals surface area contributed by atoms with Crippen LogP contribution in [-0.4, -0.2) is 88.6 Å². The molecule has 1 aliphatic rings. The number of anilines is 1. The van der Waals surface area contributed by atoms with Crippen LogP contribution < -0.4 is 20.7 Å². The summed E-state index contributed by atoms with van der Waals surface area (Å²) in [5.41, 5.74) is 3.69. The molecule has 5 N–H and O–H groups in total. The second-order valence-electron chi connectivity index (χ2n) is 11.4. The molecular weight excluding hydrogens is 578 g/mol. The highest BCUT2D eigenvalue weighted by Gasteiger charge is 2.22. The molecule has 1 fully saturated rings. The molecule has 6 rings (SSSR count). The van der Waals surface area contributed by atoms with E-state index in [1.54, 1.807) is 0 Å². The zero-order valence-electron chi connectivity index (χ0n) is 24.8. The Morgan fingerprint density at radius 2 is 1.93 bits per heavy atom. The van der Waals surface area contributed by atoms with Crippen LogP contribution in [-0.2, 0) is 20.8 Å². The summed E-state index contributed by atoms with van der Waals surface area (Å²) in [6.45, 7) is 2.27. The number of rotatable bonds is 12. The number of carbonyl (C=O) groups is 3. The maximum atomic E-state index is 12.8. The summed E-state index contributed by atoms with van der Waals surface area (Å²) in [5.74, 6) is -1.01. The summed E-state index contributed by atoms with van der Waals surface area (Å²) in [6.07, 6.45) is 5.18. The predicted octanol–water partition coefficient (Wildman–Crippen LogP) is 2.92. The summed E-state index contributed by atoms with van der Waals surface area (Å²) in [7, 11) is 2.14. The Bertz CT molecular complexity index is 1830. The normalized spacial score (nSPS) is 14.9. The Morgan fingerprint density at radius 3 is 2.71 bits per heavy atom. The summed E-state index contributed by atoms with van der Waals surface area (Å²) >= 11 is 0. The molecule has 5 aromatic rings. The minimum atomic E-state index is -1.19. The van der Waals surface area contributed by atoms with Crippen LogP contribution in [0.1, 0.15) is 18.5 Å². The topological polar surface area (TPSA) is 175 Å². The smallest absolute Gasteiger partial charge is 0.326 e. The number of amides is 2. The number of hydrogen-bond acceptors (Lipinski definition) is 9. The Hall–Kier alpha value is -5.17. The molecule has 0 bridgehead atoms. The first-order chi connectivity index (χ1) is 21.8. The fourth-order valence-corrected chi connectivity index (χ4v) is 5.55. The van der Waals surface area contributed by atoms with E-state index in [9.17, 15) is 19.5 Å². The molecule has 1 saturated heterocycles. The van der Waals surface area contributed by atoms with Crippen molar-refractivity contribution < 1.29 is 28.6 Å². The highest BCUT2D eigenvalue weighted by molar-refractivity contribution is 6.14. The molecular formula is C32H35N7O6. The lowest BCUT2D eigenvalue weighted by molar-refractivity contribution is -0.141. The molecule has 1 atom stereocenters. The van der Waals surface area contributed by atoms with E-state index in [4.69, 9.17) is 14.1 Å². The molecule has 4 heterocycles. The number of benzene rings is 2. The molecule has 13 nitrogen and oxygen atoms in total. The number of pyridine rings is 1. The van der Waals surface area contributed by atoms with Gasteiger partial charge in [0.1, 0.15) is 22.9 Å². The lowest BCUT2D eigenvalue weighted by Crippen LogP contribution is -2.47. The van der Waals surface area contributed by atoms with Gasteiger partial charge < -0.3 is 40.1 Å². The van der Waals surface area contributed by atoms with Crippen LogP contribution in [0.3, 0.4) is 0 Å². The van der Waals surface area contributed by atoms with E-state index in [0.29, 0.717) is 40.6 Å². The van der Waals surface area contributed by atoms with Crippen molar-refractivity contribution in [3.8, 4) is 5.75 Å². The average Bonchev–Trinajstić information content (AvgIpc) is 3.69. The van der Waals surface area contributed by atoms with Gasteiger partial charge >= 0.3 is 5.97 Å². The van der Waals surface area contributed by atoms with Crippen molar-refractivity contribution in [1.82, 2.24) is 30.5 Å². The van der Waals surface area contributed by atoms with Crippen molar-refractivity contribution in [3.05, 3.63) is 60.7 Å². The summed E-state index contributed by atoms with van der Waals surface area (Å²) < 4.78 is 12.4. The first kappa shape index (κ1) is 29.9. The maximum absolute atomic E-state index is 12.8. The second-order valence-corrected chi connectivity index (χ2v) is 11.4. The standard InChI is InChI=1S/C32H35N7O6/c1-39-10-8-19(9-11-39)17-44-21-6-7-26-23(13-21)30-31(45-26)29(22-4-2-3-5-24(22)38-30)35-15-27(40)34-16-28(41)37-25(32(42)43)12-20-14-33-18-36-20/h2-7,13-14,18-19,25H,8-12,15-17H2,1H3,(H,33,36)(H,34,40)(H,35,38)(H,37,41)(H,42,43). The number of likely N-dealkylation sites (tertiary alicyclic amines) is 1. The molecule has 3 aromatic heterocycles. The zero-order chi connectivity index (χ0) is 31.3. The summed E-state index contributed by atoms with van der Waals surface area (Å²) in [6, 6.07) is 12.1. The maximum Gasteiger partial charge on any atom is 0.326 e. The molecule has 234 valence electrons. The van der Waals surface area contributed by atoms with Gasteiger partial charge in [-0.2, -0.15) is 0 Å². The number of carbonyl (C=O) groups excluding carboxylic acids is 2. The fourth-order valence-electron chi connectivity index (χ4n) is 5.55. The van der Waals surface area contributed by atoms with Gasteiger partial charge in [0.05, 0.1) is 42.6 Å². The molecule has 2 amide bonds. The number of imidazole rings is 1. The van der Waals surface area contributed by atoms with Crippen LogP contribution in [0, 0.1) is 5.92 Å². The number of nitrogens with one attached hydrogen (secondary N) is 4. The van der Waals surface area contributed by atoms with E-state index >= 15 is 0 Å². The van der Waals surface area contributed by atoms with E-state index in [1.165, 1.54) is 12.5 Å². The van der Waals surface area contributed by atoms with E-state index in [0.717, 1.165) is 48.0 Å². The van der Waals surface area contributed by atoms with Crippen LogP contribution in [0.15, 0.2) is 59.4 Å². The van der Waals surface area contributed by atoms with Gasteiger partial charge in [0.2, 0.25) is 11.8 Å². The van der Waals surface area contributed by atoms with Crippen molar-refractivity contribution in [2.75, 3.05) is 45.2 Å². The van der Waals surface area contributed by atoms with E-state index in [-0.39, 0.29) is 19.5 Å². The van der Waals surface area contributed by atoms with Gasteiger partial charge in [0.25, 0.3) is 0 Å². The van der Waals surface area contributed by atoms with E-state index < -0.39 is 23.8 Å². The van der Waals surface area contributed by atoms with Gasteiger partial charge in [-0.1, -0.05) is 18.2 Å². The number of H-pyrrole nitrogens is 1.